The topological polar surface area (TPSA) is 38.5 Å². The van der Waals surface area contributed by atoms with Crippen molar-refractivity contribution in [2.45, 2.75) is 25.6 Å². The molecular formula is C13H19FN2O. The van der Waals surface area contributed by atoms with Gasteiger partial charge in [-0.1, -0.05) is 12.1 Å². The van der Waals surface area contributed by atoms with Crippen molar-refractivity contribution < 1.29 is 9.13 Å². The quantitative estimate of drug-likeness (QED) is 0.872. The van der Waals surface area contributed by atoms with E-state index in [9.17, 15) is 4.39 Å². The SMILES string of the molecule is CC1CN(c2ccccc2F)CC(CCN)O1. The Morgan fingerprint density at radius 2 is 2.18 bits per heavy atom. The van der Waals surface area contributed by atoms with Gasteiger partial charge >= 0.3 is 0 Å². The number of anilines is 1. The first-order chi connectivity index (χ1) is 8.20. The van der Waals surface area contributed by atoms with Gasteiger partial charge in [-0.2, -0.15) is 0 Å². The largest absolute Gasteiger partial charge is 0.372 e. The smallest absolute Gasteiger partial charge is 0.146 e. The van der Waals surface area contributed by atoms with Gasteiger partial charge in [0.1, 0.15) is 5.82 Å². The monoisotopic (exact) mass is 238 g/mol. The second-order valence-corrected chi connectivity index (χ2v) is 4.50. The third-order valence-electron chi connectivity index (χ3n) is 3.01. The molecule has 1 saturated heterocycles. The van der Waals surface area contributed by atoms with E-state index in [2.05, 4.69) is 0 Å². The maximum absolute atomic E-state index is 13.7. The van der Waals surface area contributed by atoms with Gasteiger partial charge in [-0.25, -0.2) is 4.39 Å². The number of morpholine rings is 1. The van der Waals surface area contributed by atoms with Crippen molar-refractivity contribution in [3.8, 4) is 0 Å². The fraction of sp³-hybridized carbons (Fsp3) is 0.538. The average Bonchev–Trinajstić information content (AvgIpc) is 2.29. The van der Waals surface area contributed by atoms with Crippen LogP contribution in [0.25, 0.3) is 0 Å². The minimum Gasteiger partial charge on any atom is -0.372 e. The number of nitrogens with zero attached hydrogens (tertiary/aromatic N) is 1. The summed E-state index contributed by atoms with van der Waals surface area (Å²) in [5, 5.41) is 0. The predicted octanol–water partition coefficient (Wildman–Crippen LogP) is 1.77. The first kappa shape index (κ1) is 12.3. The maximum Gasteiger partial charge on any atom is 0.146 e. The van der Waals surface area contributed by atoms with Gasteiger partial charge in [0.25, 0.3) is 0 Å². The van der Waals surface area contributed by atoms with Crippen LogP contribution in [0.4, 0.5) is 10.1 Å². The molecule has 0 amide bonds. The number of hydrogen-bond donors (Lipinski definition) is 1. The van der Waals surface area contributed by atoms with Crippen LogP contribution in [0.3, 0.4) is 0 Å². The number of benzene rings is 1. The number of rotatable bonds is 3. The van der Waals surface area contributed by atoms with E-state index in [4.69, 9.17) is 10.5 Å². The molecule has 2 atom stereocenters. The molecule has 0 aliphatic carbocycles. The van der Waals surface area contributed by atoms with Crippen LogP contribution in [-0.2, 0) is 4.74 Å². The van der Waals surface area contributed by atoms with E-state index in [0.717, 1.165) is 13.0 Å². The van der Waals surface area contributed by atoms with Gasteiger partial charge in [0.2, 0.25) is 0 Å². The molecule has 1 aromatic rings. The summed E-state index contributed by atoms with van der Waals surface area (Å²) in [4.78, 5) is 2.05. The lowest BCUT2D eigenvalue weighted by atomic mass is 10.1. The minimum atomic E-state index is -0.173. The maximum atomic E-state index is 13.7. The van der Waals surface area contributed by atoms with Gasteiger partial charge in [0, 0.05) is 13.1 Å². The van der Waals surface area contributed by atoms with Crippen molar-refractivity contribution in [1.82, 2.24) is 0 Å². The van der Waals surface area contributed by atoms with Gasteiger partial charge in [0.05, 0.1) is 17.9 Å². The molecule has 2 N–H and O–H groups in total. The van der Waals surface area contributed by atoms with Crippen LogP contribution in [0.5, 0.6) is 0 Å². The number of halogens is 1. The van der Waals surface area contributed by atoms with Crippen molar-refractivity contribution >= 4 is 5.69 Å². The molecule has 0 bridgehead atoms. The minimum absolute atomic E-state index is 0.100. The molecule has 1 heterocycles. The molecule has 1 aliphatic rings. The highest BCUT2D eigenvalue weighted by molar-refractivity contribution is 5.48. The molecule has 94 valence electrons. The Balaban J connectivity index is 2.12. The zero-order valence-electron chi connectivity index (χ0n) is 10.1. The zero-order valence-corrected chi connectivity index (χ0v) is 10.1. The summed E-state index contributed by atoms with van der Waals surface area (Å²) in [6.07, 6.45) is 1.03. The third-order valence-corrected chi connectivity index (χ3v) is 3.01. The van der Waals surface area contributed by atoms with Crippen molar-refractivity contribution in [3.05, 3.63) is 30.1 Å². The molecule has 1 aromatic carbocycles. The molecule has 0 aromatic heterocycles. The van der Waals surface area contributed by atoms with Crippen molar-refractivity contribution in [2.24, 2.45) is 5.73 Å². The summed E-state index contributed by atoms with van der Waals surface area (Å²) in [6, 6.07) is 6.87. The van der Waals surface area contributed by atoms with Crippen molar-refractivity contribution in [1.29, 1.82) is 0 Å². The van der Waals surface area contributed by atoms with Crippen LogP contribution in [0, 0.1) is 5.82 Å². The standard InChI is InChI=1S/C13H19FN2O/c1-10-8-16(9-11(17-10)6-7-15)13-5-3-2-4-12(13)14/h2-5,10-11H,6-9,15H2,1H3. The summed E-state index contributed by atoms with van der Waals surface area (Å²) >= 11 is 0. The molecule has 1 fully saturated rings. The second kappa shape index (κ2) is 5.47. The first-order valence-electron chi connectivity index (χ1n) is 6.05. The number of para-hydroxylation sites is 1. The van der Waals surface area contributed by atoms with E-state index in [1.54, 1.807) is 6.07 Å². The van der Waals surface area contributed by atoms with E-state index >= 15 is 0 Å². The highest BCUT2D eigenvalue weighted by Crippen LogP contribution is 2.23. The Morgan fingerprint density at radius 3 is 2.88 bits per heavy atom. The van der Waals surface area contributed by atoms with E-state index < -0.39 is 0 Å². The Kier molecular flexibility index (Phi) is 3.97. The average molecular weight is 238 g/mol. The van der Waals surface area contributed by atoms with Crippen LogP contribution in [0.15, 0.2) is 24.3 Å². The van der Waals surface area contributed by atoms with Crippen LogP contribution in [0.1, 0.15) is 13.3 Å². The summed E-state index contributed by atoms with van der Waals surface area (Å²) in [6.45, 7) is 4.05. The predicted molar refractivity (Wildman–Crippen MR) is 66.6 cm³/mol. The fourth-order valence-electron chi connectivity index (χ4n) is 2.30. The lowest BCUT2D eigenvalue weighted by molar-refractivity contribution is -0.0185. The molecule has 3 nitrogen and oxygen atoms in total. The van der Waals surface area contributed by atoms with Crippen LogP contribution in [0.2, 0.25) is 0 Å². The molecule has 1 aliphatic heterocycles. The lowest BCUT2D eigenvalue weighted by Crippen LogP contribution is -2.47. The van der Waals surface area contributed by atoms with Crippen molar-refractivity contribution in [3.63, 3.8) is 0 Å². The summed E-state index contributed by atoms with van der Waals surface area (Å²) < 4.78 is 19.5. The van der Waals surface area contributed by atoms with Gasteiger partial charge in [-0.3, -0.25) is 0 Å². The van der Waals surface area contributed by atoms with Gasteiger partial charge in [-0.05, 0) is 32.0 Å². The van der Waals surface area contributed by atoms with E-state index in [-0.39, 0.29) is 18.0 Å². The Morgan fingerprint density at radius 1 is 1.41 bits per heavy atom. The zero-order chi connectivity index (χ0) is 12.3. The second-order valence-electron chi connectivity index (χ2n) is 4.50. The normalized spacial score (nSPS) is 25.0. The molecule has 4 heteroatoms. The Bertz CT molecular complexity index is 372. The third kappa shape index (κ3) is 2.96. The molecule has 2 rings (SSSR count). The van der Waals surface area contributed by atoms with Gasteiger partial charge in [0.15, 0.2) is 0 Å². The first-order valence-corrected chi connectivity index (χ1v) is 6.05. The van der Waals surface area contributed by atoms with Gasteiger partial charge < -0.3 is 15.4 Å². The van der Waals surface area contributed by atoms with E-state index in [1.165, 1.54) is 6.07 Å². The summed E-state index contributed by atoms with van der Waals surface area (Å²) in [7, 11) is 0. The van der Waals surface area contributed by atoms with Gasteiger partial charge in [-0.15, -0.1) is 0 Å². The number of nitrogens with two attached hydrogens (primary N) is 1. The molecule has 0 spiro atoms. The van der Waals surface area contributed by atoms with E-state index in [0.29, 0.717) is 18.8 Å². The number of hydrogen-bond acceptors (Lipinski definition) is 3. The Hall–Kier alpha value is -1.13. The molecule has 0 radical (unpaired) electrons. The molecule has 0 saturated carbocycles. The fourth-order valence-corrected chi connectivity index (χ4v) is 2.30. The lowest BCUT2D eigenvalue weighted by Gasteiger charge is -2.38. The van der Waals surface area contributed by atoms with Crippen LogP contribution in [-0.4, -0.2) is 31.8 Å². The highest BCUT2D eigenvalue weighted by atomic mass is 19.1. The molecular weight excluding hydrogens is 219 g/mol. The van der Waals surface area contributed by atoms with Crippen LogP contribution >= 0.6 is 0 Å². The van der Waals surface area contributed by atoms with Crippen LogP contribution < -0.4 is 10.6 Å². The van der Waals surface area contributed by atoms with E-state index in [1.807, 2.05) is 24.0 Å². The highest BCUT2D eigenvalue weighted by Gasteiger charge is 2.26. The summed E-state index contributed by atoms with van der Waals surface area (Å²) in [5.74, 6) is -0.173. The number of ether oxygens (including phenoxy) is 1. The Labute approximate surface area is 101 Å². The summed E-state index contributed by atoms with van der Waals surface area (Å²) in [5.41, 5.74) is 6.20. The molecule has 2 unspecified atom stereocenters. The van der Waals surface area contributed by atoms with Crippen molar-refractivity contribution in [2.75, 3.05) is 24.5 Å². The molecule has 17 heavy (non-hydrogen) atoms.